The normalized spacial score (nSPS) is 13.9. The SMILES string of the molecule is CC(C)(C)c1ccc(N(c2ccc(C(C)(C)C)cc2)c2ccc3c(c2)C(C)(C)c2c-3ccc3oc4cc(N(c5ccc(C(C)(C)C)cc5)c5ccc(C(C)(C)C)cc5)ccc4c23)cc1. The van der Waals surface area contributed by atoms with E-state index >= 15 is 0 Å². The molecule has 326 valence electrons. The van der Waals surface area contributed by atoms with Gasteiger partial charge in [-0.25, -0.2) is 0 Å². The molecule has 0 bridgehead atoms. The van der Waals surface area contributed by atoms with E-state index in [0.29, 0.717) is 0 Å². The second-order valence-electron chi connectivity index (χ2n) is 22.9. The van der Waals surface area contributed by atoms with E-state index in [0.717, 1.165) is 50.7 Å². The molecule has 0 radical (unpaired) electrons. The van der Waals surface area contributed by atoms with Crippen LogP contribution >= 0.6 is 0 Å². The van der Waals surface area contributed by atoms with E-state index in [4.69, 9.17) is 4.42 Å². The highest BCUT2D eigenvalue weighted by atomic mass is 16.3. The molecule has 1 aliphatic rings. The van der Waals surface area contributed by atoms with Gasteiger partial charge < -0.3 is 14.2 Å². The number of furan rings is 1. The molecule has 0 saturated heterocycles. The van der Waals surface area contributed by atoms with Crippen molar-refractivity contribution in [2.45, 2.75) is 124 Å². The Morgan fingerprint density at radius 1 is 0.359 bits per heavy atom. The van der Waals surface area contributed by atoms with Crippen LogP contribution in [0.4, 0.5) is 34.1 Å². The zero-order valence-electron chi connectivity index (χ0n) is 40.7. The molecule has 9 rings (SSSR count). The second kappa shape index (κ2) is 15.0. The quantitative estimate of drug-likeness (QED) is 0.166. The fourth-order valence-electron chi connectivity index (χ4n) is 9.76. The van der Waals surface area contributed by atoms with Crippen molar-refractivity contribution in [2.24, 2.45) is 0 Å². The fourth-order valence-corrected chi connectivity index (χ4v) is 9.76. The third-order valence-corrected chi connectivity index (χ3v) is 13.7. The standard InChI is InChI=1S/C61H66N2O/c1-57(2,3)39-15-23-43(24-16-39)62(44-25-17-40(18-26-44)58(4,5)6)47-31-33-49-50-35-36-53-55(56(50)61(13,14)52(49)37-47)51-34-32-48(38-54(51)64-53)63(45-27-19-41(20-28-45)59(7,8)9)46-29-21-42(22-30-46)60(10,11)12/h15-38H,1-14H3. The predicted molar refractivity (Wildman–Crippen MR) is 275 cm³/mol. The molecule has 3 heteroatoms. The number of nitrogens with zero attached hydrogens (tertiary/aromatic N) is 2. The average Bonchev–Trinajstić information content (AvgIpc) is 3.71. The van der Waals surface area contributed by atoms with Gasteiger partial charge in [0.15, 0.2) is 0 Å². The molecule has 0 saturated carbocycles. The molecule has 0 spiro atoms. The third-order valence-electron chi connectivity index (χ3n) is 13.7. The van der Waals surface area contributed by atoms with Crippen LogP contribution in [0.25, 0.3) is 33.1 Å². The first kappa shape index (κ1) is 43.2. The van der Waals surface area contributed by atoms with Gasteiger partial charge in [-0.3, -0.25) is 0 Å². The molecule has 7 aromatic carbocycles. The minimum Gasteiger partial charge on any atom is -0.456 e. The molecule has 0 unspecified atom stereocenters. The minimum absolute atomic E-state index is 0.0658. The van der Waals surface area contributed by atoms with Crippen LogP contribution in [0, 0.1) is 0 Å². The van der Waals surface area contributed by atoms with E-state index in [-0.39, 0.29) is 27.1 Å². The van der Waals surface area contributed by atoms with Crippen molar-refractivity contribution in [3.63, 3.8) is 0 Å². The highest BCUT2D eigenvalue weighted by Gasteiger charge is 2.39. The molecule has 0 amide bonds. The van der Waals surface area contributed by atoms with Crippen LogP contribution in [0.2, 0.25) is 0 Å². The smallest absolute Gasteiger partial charge is 0.137 e. The number of hydrogen-bond donors (Lipinski definition) is 0. The highest BCUT2D eigenvalue weighted by molar-refractivity contribution is 6.12. The largest absolute Gasteiger partial charge is 0.456 e. The van der Waals surface area contributed by atoms with Gasteiger partial charge >= 0.3 is 0 Å². The summed E-state index contributed by atoms with van der Waals surface area (Å²) in [6.07, 6.45) is 0. The Kier molecular flexibility index (Phi) is 10.1. The van der Waals surface area contributed by atoms with E-state index in [1.54, 1.807) is 0 Å². The molecule has 1 aromatic heterocycles. The van der Waals surface area contributed by atoms with Crippen molar-refractivity contribution in [3.05, 3.63) is 179 Å². The van der Waals surface area contributed by atoms with Gasteiger partial charge in [-0.1, -0.05) is 158 Å². The predicted octanol–water partition coefficient (Wildman–Crippen LogP) is 18.0. The van der Waals surface area contributed by atoms with Gasteiger partial charge in [0.2, 0.25) is 0 Å². The fraction of sp³-hybridized carbons (Fsp3) is 0.311. The van der Waals surface area contributed by atoms with Crippen LogP contribution in [0.5, 0.6) is 0 Å². The highest BCUT2D eigenvalue weighted by Crippen LogP contribution is 2.55. The molecular weight excluding hydrogens is 777 g/mol. The lowest BCUT2D eigenvalue weighted by molar-refractivity contribution is 0.590. The summed E-state index contributed by atoms with van der Waals surface area (Å²) in [6, 6.07) is 54.7. The van der Waals surface area contributed by atoms with E-state index < -0.39 is 0 Å². The lowest BCUT2D eigenvalue weighted by atomic mass is 9.80. The Labute approximate surface area is 382 Å². The Balaban J connectivity index is 1.14. The van der Waals surface area contributed by atoms with Gasteiger partial charge in [0.25, 0.3) is 0 Å². The van der Waals surface area contributed by atoms with Crippen molar-refractivity contribution in [1.82, 2.24) is 0 Å². The molecule has 1 heterocycles. The molecule has 3 nitrogen and oxygen atoms in total. The van der Waals surface area contributed by atoms with Crippen LogP contribution in [0.15, 0.2) is 150 Å². The molecule has 0 atom stereocenters. The molecule has 0 N–H and O–H groups in total. The van der Waals surface area contributed by atoms with Crippen molar-refractivity contribution in [3.8, 4) is 11.1 Å². The van der Waals surface area contributed by atoms with Gasteiger partial charge in [-0.2, -0.15) is 0 Å². The van der Waals surface area contributed by atoms with Gasteiger partial charge in [0.05, 0.1) is 0 Å². The van der Waals surface area contributed by atoms with Gasteiger partial charge in [0, 0.05) is 56.4 Å². The molecule has 0 aliphatic heterocycles. The van der Waals surface area contributed by atoms with Crippen molar-refractivity contribution in [2.75, 3.05) is 9.80 Å². The summed E-state index contributed by atoms with van der Waals surface area (Å²) in [4.78, 5) is 4.78. The minimum atomic E-state index is -0.289. The maximum atomic E-state index is 6.87. The third kappa shape index (κ3) is 7.61. The zero-order valence-corrected chi connectivity index (χ0v) is 40.7. The summed E-state index contributed by atoms with van der Waals surface area (Å²) in [5.41, 5.74) is 19.0. The first-order chi connectivity index (χ1) is 30.0. The number of rotatable bonds is 6. The van der Waals surface area contributed by atoms with Crippen LogP contribution in [0.3, 0.4) is 0 Å². The lowest BCUT2D eigenvalue weighted by Gasteiger charge is -2.29. The van der Waals surface area contributed by atoms with Crippen LogP contribution in [-0.2, 0) is 27.1 Å². The average molecular weight is 843 g/mol. The van der Waals surface area contributed by atoms with E-state index in [2.05, 4.69) is 252 Å². The van der Waals surface area contributed by atoms with Crippen molar-refractivity contribution >= 4 is 56.1 Å². The Hall–Kier alpha value is -6.06. The van der Waals surface area contributed by atoms with Crippen molar-refractivity contribution in [1.29, 1.82) is 0 Å². The zero-order chi connectivity index (χ0) is 45.7. The van der Waals surface area contributed by atoms with Crippen LogP contribution in [-0.4, -0.2) is 0 Å². The summed E-state index contributed by atoms with van der Waals surface area (Å²) in [7, 11) is 0. The summed E-state index contributed by atoms with van der Waals surface area (Å²) in [5, 5.41) is 2.34. The van der Waals surface area contributed by atoms with E-state index in [9.17, 15) is 0 Å². The Bertz CT molecular complexity index is 2890. The molecular formula is C61H66N2O. The number of fused-ring (bicyclic) bond motifs is 7. The molecule has 8 aromatic rings. The Morgan fingerprint density at radius 2 is 0.703 bits per heavy atom. The number of hydrogen-bond acceptors (Lipinski definition) is 3. The maximum Gasteiger partial charge on any atom is 0.137 e. The summed E-state index contributed by atoms with van der Waals surface area (Å²) in [6.45, 7) is 32.0. The Morgan fingerprint density at radius 3 is 1.09 bits per heavy atom. The van der Waals surface area contributed by atoms with E-state index in [1.165, 1.54) is 49.9 Å². The van der Waals surface area contributed by atoms with Crippen molar-refractivity contribution < 1.29 is 4.42 Å². The number of benzene rings is 7. The number of anilines is 6. The first-order valence-electron chi connectivity index (χ1n) is 23.2. The van der Waals surface area contributed by atoms with Gasteiger partial charge in [0.1, 0.15) is 11.2 Å². The summed E-state index contributed by atoms with van der Waals surface area (Å²) < 4.78 is 6.87. The topological polar surface area (TPSA) is 19.6 Å². The van der Waals surface area contributed by atoms with E-state index in [1.807, 2.05) is 0 Å². The van der Waals surface area contributed by atoms with Crippen LogP contribution < -0.4 is 9.80 Å². The summed E-state index contributed by atoms with van der Waals surface area (Å²) in [5.74, 6) is 0. The van der Waals surface area contributed by atoms with Crippen LogP contribution in [0.1, 0.15) is 130 Å². The maximum absolute atomic E-state index is 6.87. The van der Waals surface area contributed by atoms with Gasteiger partial charge in [-0.15, -0.1) is 0 Å². The molecule has 0 fully saturated rings. The van der Waals surface area contributed by atoms with Gasteiger partial charge in [-0.05, 0) is 145 Å². The first-order valence-corrected chi connectivity index (χ1v) is 23.2. The molecule has 1 aliphatic carbocycles. The molecule has 64 heavy (non-hydrogen) atoms. The summed E-state index contributed by atoms with van der Waals surface area (Å²) >= 11 is 0. The second-order valence-corrected chi connectivity index (χ2v) is 22.9. The monoisotopic (exact) mass is 843 g/mol. The lowest BCUT2D eigenvalue weighted by Crippen LogP contribution is -2.17.